The Kier molecular flexibility index (Phi) is 3.98. The second-order valence-corrected chi connectivity index (χ2v) is 5.58. The van der Waals surface area contributed by atoms with Gasteiger partial charge in [0.2, 0.25) is 0 Å². The van der Waals surface area contributed by atoms with Crippen LogP contribution in [0.1, 0.15) is 16.2 Å². The molecule has 8 heteroatoms. The number of aryl methyl sites for hydroxylation is 1. The van der Waals surface area contributed by atoms with E-state index in [1.54, 1.807) is 37.5 Å². The number of tetrazole rings is 1. The molecule has 0 radical (unpaired) electrons. The van der Waals surface area contributed by atoms with Gasteiger partial charge in [-0.05, 0) is 46.8 Å². The van der Waals surface area contributed by atoms with E-state index in [4.69, 9.17) is 4.42 Å². The number of aromatic nitrogens is 5. The van der Waals surface area contributed by atoms with E-state index in [-0.39, 0.29) is 5.91 Å². The Hall–Kier alpha value is -3.81. The van der Waals surface area contributed by atoms with Gasteiger partial charge in [-0.1, -0.05) is 12.1 Å². The number of carbonyl (C=O) groups is 1. The maximum absolute atomic E-state index is 12.4. The number of nitrogens with one attached hydrogen (secondary N) is 1. The highest BCUT2D eigenvalue weighted by Crippen LogP contribution is 2.21. The van der Waals surface area contributed by atoms with Gasteiger partial charge >= 0.3 is 0 Å². The van der Waals surface area contributed by atoms with Crippen molar-refractivity contribution in [1.29, 1.82) is 0 Å². The van der Waals surface area contributed by atoms with Gasteiger partial charge in [-0.25, -0.2) is 9.67 Å². The molecule has 4 aromatic rings. The molecule has 0 atom stereocenters. The molecule has 0 aliphatic rings. The standard InChI is InChI=1S/C18H14N6O2/c1-12-20-17(10-26-12)13-2-6-15(7-3-13)21-18(25)14-4-8-16(9-5-14)24-11-19-22-23-24/h2-11H,1H3,(H,21,25). The molecule has 26 heavy (non-hydrogen) atoms. The molecule has 8 nitrogen and oxygen atoms in total. The highest BCUT2D eigenvalue weighted by Gasteiger charge is 2.08. The van der Waals surface area contributed by atoms with Crippen molar-refractivity contribution >= 4 is 11.6 Å². The smallest absolute Gasteiger partial charge is 0.255 e. The van der Waals surface area contributed by atoms with Crippen LogP contribution in [-0.2, 0) is 0 Å². The van der Waals surface area contributed by atoms with Gasteiger partial charge in [0.25, 0.3) is 5.91 Å². The van der Waals surface area contributed by atoms with Crippen molar-refractivity contribution in [3.05, 3.63) is 72.6 Å². The largest absolute Gasteiger partial charge is 0.449 e. The van der Waals surface area contributed by atoms with Crippen molar-refractivity contribution < 1.29 is 9.21 Å². The maximum atomic E-state index is 12.4. The summed E-state index contributed by atoms with van der Waals surface area (Å²) >= 11 is 0. The van der Waals surface area contributed by atoms with E-state index in [0.717, 1.165) is 16.9 Å². The van der Waals surface area contributed by atoms with Crippen molar-refractivity contribution in [3.8, 4) is 16.9 Å². The molecule has 0 fully saturated rings. The molecule has 0 bridgehead atoms. The Balaban J connectivity index is 1.46. The van der Waals surface area contributed by atoms with E-state index in [0.29, 0.717) is 17.1 Å². The summed E-state index contributed by atoms with van der Waals surface area (Å²) in [6.45, 7) is 1.79. The molecule has 2 heterocycles. The van der Waals surface area contributed by atoms with Crippen LogP contribution < -0.4 is 5.32 Å². The van der Waals surface area contributed by atoms with E-state index in [1.165, 1.54) is 11.0 Å². The fraction of sp³-hybridized carbons (Fsp3) is 0.0556. The van der Waals surface area contributed by atoms with Gasteiger partial charge in [-0.2, -0.15) is 0 Å². The van der Waals surface area contributed by atoms with Crippen LogP contribution in [0.4, 0.5) is 5.69 Å². The Morgan fingerprint density at radius 2 is 1.85 bits per heavy atom. The number of rotatable bonds is 4. The average Bonchev–Trinajstić information content (AvgIpc) is 3.34. The van der Waals surface area contributed by atoms with Crippen LogP contribution >= 0.6 is 0 Å². The van der Waals surface area contributed by atoms with Crippen molar-refractivity contribution in [2.24, 2.45) is 0 Å². The highest BCUT2D eigenvalue weighted by atomic mass is 16.3. The fourth-order valence-electron chi connectivity index (χ4n) is 2.47. The van der Waals surface area contributed by atoms with E-state index in [1.807, 2.05) is 24.3 Å². The summed E-state index contributed by atoms with van der Waals surface area (Å²) in [6, 6.07) is 14.4. The first-order valence-corrected chi connectivity index (χ1v) is 7.86. The van der Waals surface area contributed by atoms with Crippen LogP contribution in [0.2, 0.25) is 0 Å². The van der Waals surface area contributed by atoms with Crippen LogP contribution in [0.3, 0.4) is 0 Å². The zero-order valence-electron chi connectivity index (χ0n) is 13.8. The fourth-order valence-corrected chi connectivity index (χ4v) is 2.47. The summed E-state index contributed by atoms with van der Waals surface area (Å²) in [5.41, 5.74) is 3.70. The minimum atomic E-state index is -0.196. The first-order valence-electron chi connectivity index (χ1n) is 7.86. The number of hydrogen-bond acceptors (Lipinski definition) is 6. The number of carbonyl (C=O) groups excluding carboxylic acids is 1. The number of nitrogens with zero attached hydrogens (tertiary/aromatic N) is 5. The lowest BCUT2D eigenvalue weighted by atomic mass is 10.1. The molecule has 2 aromatic heterocycles. The van der Waals surface area contributed by atoms with Crippen molar-refractivity contribution in [1.82, 2.24) is 25.2 Å². The predicted octanol–water partition coefficient (Wildman–Crippen LogP) is 2.88. The first-order chi connectivity index (χ1) is 12.7. The number of anilines is 1. The van der Waals surface area contributed by atoms with Crippen molar-refractivity contribution in [3.63, 3.8) is 0 Å². The van der Waals surface area contributed by atoms with E-state index >= 15 is 0 Å². The summed E-state index contributed by atoms with van der Waals surface area (Å²) in [7, 11) is 0. The van der Waals surface area contributed by atoms with Crippen molar-refractivity contribution in [2.45, 2.75) is 6.92 Å². The third kappa shape index (κ3) is 3.20. The Bertz CT molecular complexity index is 1020. The van der Waals surface area contributed by atoms with Gasteiger partial charge < -0.3 is 9.73 Å². The molecule has 0 aliphatic carbocycles. The van der Waals surface area contributed by atoms with Gasteiger partial charge in [-0.15, -0.1) is 5.10 Å². The summed E-state index contributed by atoms with van der Waals surface area (Å²) in [5.74, 6) is 0.417. The minimum absolute atomic E-state index is 0.196. The molecule has 0 saturated heterocycles. The molecule has 0 saturated carbocycles. The molecule has 4 rings (SSSR count). The van der Waals surface area contributed by atoms with Gasteiger partial charge in [-0.3, -0.25) is 4.79 Å². The lowest BCUT2D eigenvalue weighted by Gasteiger charge is -2.07. The molecule has 1 N–H and O–H groups in total. The normalized spacial score (nSPS) is 10.7. The van der Waals surface area contributed by atoms with Gasteiger partial charge in [0.1, 0.15) is 18.3 Å². The summed E-state index contributed by atoms with van der Waals surface area (Å²) < 4.78 is 6.73. The number of oxazole rings is 1. The number of amides is 1. The van der Waals surface area contributed by atoms with E-state index < -0.39 is 0 Å². The molecule has 0 unspecified atom stereocenters. The zero-order valence-corrected chi connectivity index (χ0v) is 13.8. The maximum Gasteiger partial charge on any atom is 0.255 e. The van der Waals surface area contributed by atoms with E-state index in [9.17, 15) is 4.79 Å². The van der Waals surface area contributed by atoms with Crippen LogP contribution in [0, 0.1) is 6.92 Å². The number of benzene rings is 2. The highest BCUT2D eigenvalue weighted by molar-refractivity contribution is 6.04. The molecular formula is C18H14N6O2. The second-order valence-electron chi connectivity index (χ2n) is 5.58. The molecule has 0 spiro atoms. The Morgan fingerprint density at radius 1 is 1.08 bits per heavy atom. The predicted molar refractivity (Wildman–Crippen MR) is 93.8 cm³/mol. The second kappa shape index (κ2) is 6.60. The molecule has 2 aromatic carbocycles. The van der Waals surface area contributed by atoms with Gasteiger partial charge in [0, 0.05) is 23.7 Å². The summed E-state index contributed by atoms with van der Waals surface area (Å²) in [5, 5.41) is 13.8. The van der Waals surface area contributed by atoms with Gasteiger partial charge in [0.05, 0.1) is 5.69 Å². The van der Waals surface area contributed by atoms with Crippen LogP contribution in [-0.4, -0.2) is 31.1 Å². The average molecular weight is 346 g/mol. The molecule has 0 aliphatic heterocycles. The number of hydrogen-bond donors (Lipinski definition) is 1. The van der Waals surface area contributed by atoms with Crippen LogP contribution in [0.5, 0.6) is 0 Å². The Morgan fingerprint density at radius 3 is 2.46 bits per heavy atom. The topological polar surface area (TPSA) is 98.7 Å². The van der Waals surface area contributed by atoms with Gasteiger partial charge in [0.15, 0.2) is 5.89 Å². The summed E-state index contributed by atoms with van der Waals surface area (Å²) in [6.07, 6.45) is 3.10. The van der Waals surface area contributed by atoms with Crippen molar-refractivity contribution in [2.75, 3.05) is 5.32 Å². The first kappa shape index (κ1) is 15.7. The third-order valence-electron chi connectivity index (χ3n) is 3.80. The lowest BCUT2D eigenvalue weighted by molar-refractivity contribution is 0.102. The molecule has 1 amide bonds. The third-order valence-corrected chi connectivity index (χ3v) is 3.80. The Labute approximate surface area is 148 Å². The van der Waals surface area contributed by atoms with Crippen LogP contribution in [0.25, 0.3) is 16.9 Å². The quantitative estimate of drug-likeness (QED) is 0.610. The van der Waals surface area contributed by atoms with Crippen LogP contribution in [0.15, 0.2) is 65.5 Å². The zero-order chi connectivity index (χ0) is 17.9. The minimum Gasteiger partial charge on any atom is -0.449 e. The summed E-state index contributed by atoms with van der Waals surface area (Å²) in [4.78, 5) is 16.7. The molecule has 128 valence electrons. The lowest BCUT2D eigenvalue weighted by Crippen LogP contribution is -2.11. The SMILES string of the molecule is Cc1nc(-c2ccc(NC(=O)c3ccc(-n4cnnn4)cc3)cc2)co1. The van der Waals surface area contributed by atoms with E-state index in [2.05, 4.69) is 25.8 Å². The monoisotopic (exact) mass is 346 g/mol. The molecular weight excluding hydrogens is 332 g/mol.